The minimum Gasteiger partial charge on any atom is -0.340 e. The van der Waals surface area contributed by atoms with E-state index in [2.05, 4.69) is 10.2 Å². The molecule has 0 spiro atoms. The number of benzene rings is 1. The Kier molecular flexibility index (Phi) is 9.10. The van der Waals surface area contributed by atoms with Crippen LogP contribution in [0.1, 0.15) is 36.2 Å². The van der Waals surface area contributed by atoms with Crippen LogP contribution in [0.5, 0.6) is 0 Å². The second-order valence-electron chi connectivity index (χ2n) is 7.27. The molecular weight excluding hydrogens is 397 g/mol. The molecule has 168 valence electrons. The van der Waals surface area contributed by atoms with Gasteiger partial charge in [0.1, 0.15) is 0 Å². The zero-order chi connectivity index (χ0) is 22.1. The molecule has 1 heterocycles. The number of piperazine rings is 1. The van der Waals surface area contributed by atoms with Crippen molar-refractivity contribution in [1.29, 1.82) is 0 Å². The van der Waals surface area contributed by atoms with Crippen LogP contribution >= 0.6 is 0 Å². The molecule has 30 heavy (non-hydrogen) atoms. The molecule has 0 aromatic heterocycles. The van der Waals surface area contributed by atoms with E-state index in [0.717, 1.165) is 38.3 Å². The normalized spacial score (nSPS) is 14.8. The number of amides is 2. The lowest BCUT2D eigenvalue weighted by Crippen LogP contribution is -2.47. The van der Waals surface area contributed by atoms with Crippen LogP contribution in [0.3, 0.4) is 0 Å². The van der Waals surface area contributed by atoms with Crippen molar-refractivity contribution in [3.8, 4) is 0 Å². The molecule has 1 saturated heterocycles. The highest BCUT2D eigenvalue weighted by molar-refractivity contribution is 5.94. The highest BCUT2D eigenvalue weighted by Crippen LogP contribution is 2.29. The van der Waals surface area contributed by atoms with Crippen molar-refractivity contribution >= 4 is 11.8 Å². The van der Waals surface area contributed by atoms with Gasteiger partial charge in [0, 0.05) is 57.8 Å². The van der Waals surface area contributed by atoms with Crippen LogP contribution in [-0.4, -0.2) is 85.4 Å². The predicted molar refractivity (Wildman–Crippen MR) is 109 cm³/mol. The number of rotatable bonds is 9. The fraction of sp³-hybridized carbons (Fsp3) is 0.619. The number of carbonyl (C=O) groups excluding carboxylic acids is 2. The molecule has 1 N–H and O–H groups in total. The summed E-state index contributed by atoms with van der Waals surface area (Å²) >= 11 is 0. The van der Waals surface area contributed by atoms with Gasteiger partial charge in [-0.25, -0.2) is 0 Å². The Labute approximate surface area is 176 Å². The molecule has 1 aliphatic heterocycles. The molecule has 0 atom stereocenters. The van der Waals surface area contributed by atoms with Crippen LogP contribution in [0.2, 0.25) is 0 Å². The summed E-state index contributed by atoms with van der Waals surface area (Å²) in [6, 6.07) is 4.24. The molecule has 1 aromatic carbocycles. The Hall–Kier alpha value is -2.13. The highest BCUT2D eigenvalue weighted by atomic mass is 19.4. The van der Waals surface area contributed by atoms with Crippen LogP contribution in [0.25, 0.3) is 0 Å². The molecule has 1 aromatic rings. The SMILES string of the molecule is CCN(CC)CCN(CCC(=O)N1CCNCC1)C(=O)c1ccc(C(F)(F)F)cc1. The molecule has 0 bridgehead atoms. The molecule has 0 radical (unpaired) electrons. The van der Waals surface area contributed by atoms with Gasteiger partial charge >= 0.3 is 6.18 Å². The van der Waals surface area contributed by atoms with Crippen molar-refractivity contribution in [2.75, 3.05) is 58.9 Å². The minimum atomic E-state index is -4.44. The number of hydrogen-bond donors (Lipinski definition) is 1. The molecule has 9 heteroatoms. The van der Waals surface area contributed by atoms with Crippen LogP contribution in [0, 0.1) is 0 Å². The number of hydrogen-bond acceptors (Lipinski definition) is 4. The van der Waals surface area contributed by atoms with Crippen molar-refractivity contribution in [2.45, 2.75) is 26.4 Å². The Morgan fingerprint density at radius 3 is 2.13 bits per heavy atom. The van der Waals surface area contributed by atoms with Gasteiger partial charge in [0.15, 0.2) is 0 Å². The van der Waals surface area contributed by atoms with Gasteiger partial charge in [0.25, 0.3) is 5.91 Å². The quantitative estimate of drug-likeness (QED) is 0.656. The first-order valence-electron chi connectivity index (χ1n) is 10.4. The third-order valence-electron chi connectivity index (χ3n) is 5.39. The molecule has 1 aliphatic rings. The van der Waals surface area contributed by atoms with Crippen LogP contribution in [-0.2, 0) is 11.0 Å². The summed E-state index contributed by atoms with van der Waals surface area (Å²) in [5.74, 6) is -0.367. The number of nitrogens with zero attached hydrogens (tertiary/aromatic N) is 3. The van der Waals surface area contributed by atoms with Gasteiger partial charge in [-0.15, -0.1) is 0 Å². The molecule has 1 fully saturated rings. The maximum Gasteiger partial charge on any atom is 0.416 e. The summed E-state index contributed by atoms with van der Waals surface area (Å²) < 4.78 is 38.4. The zero-order valence-corrected chi connectivity index (χ0v) is 17.7. The number of carbonyl (C=O) groups is 2. The summed E-state index contributed by atoms with van der Waals surface area (Å²) in [5.41, 5.74) is -0.597. The molecule has 0 saturated carbocycles. The third-order valence-corrected chi connectivity index (χ3v) is 5.39. The van der Waals surface area contributed by atoms with Gasteiger partial charge in [-0.05, 0) is 37.4 Å². The Balaban J connectivity index is 2.07. The molecule has 0 aliphatic carbocycles. The van der Waals surface area contributed by atoms with Gasteiger partial charge in [0.05, 0.1) is 5.56 Å². The maximum absolute atomic E-state index is 13.0. The van der Waals surface area contributed by atoms with Crippen molar-refractivity contribution in [2.24, 2.45) is 0 Å². The molecule has 6 nitrogen and oxygen atoms in total. The van der Waals surface area contributed by atoms with E-state index in [4.69, 9.17) is 0 Å². The van der Waals surface area contributed by atoms with E-state index in [9.17, 15) is 22.8 Å². The average Bonchev–Trinajstić information content (AvgIpc) is 2.75. The zero-order valence-electron chi connectivity index (χ0n) is 17.7. The van der Waals surface area contributed by atoms with E-state index < -0.39 is 11.7 Å². The highest BCUT2D eigenvalue weighted by Gasteiger charge is 2.30. The number of nitrogens with one attached hydrogen (secondary N) is 1. The summed E-state index contributed by atoms with van der Waals surface area (Å²) in [6.45, 7) is 9.80. The standard InChI is InChI=1S/C21H31F3N4O2/c1-3-26(4-2)15-16-28(12-9-19(29)27-13-10-25-11-14-27)20(30)17-5-7-18(8-6-17)21(22,23)24/h5-8,25H,3-4,9-16H2,1-2H3. The fourth-order valence-corrected chi connectivity index (χ4v) is 3.40. The lowest BCUT2D eigenvalue weighted by Gasteiger charge is -2.30. The van der Waals surface area contributed by atoms with Gasteiger partial charge in [-0.1, -0.05) is 13.8 Å². The van der Waals surface area contributed by atoms with E-state index in [-0.39, 0.29) is 30.3 Å². The first-order valence-corrected chi connectivity index (χ1v) is 10.4. The van der Waals surface area contributed by atoms with Crippen LogP contribution in [0.4, 0.5) is 13.2 Å². The smallest absolute Gasteiger partial charge is 0.340 e. The van der Waals surface area contributed by atoms with Gasteiger partial charge in [-0.2, -0.15) is 13.2 Å². The lowest BCUT2D eigenvalue weighted by molar-refractivity contribution is -0.137. The van der Waals surface area contributed by atoms with E-state index in [1.807, 2.05) is 13.8 Å². The van der Waals surface area contributed by atoms with E-state index in [0.29, 0.717) is 26.2 Å². The van der Waals surface area contributed by atoms with Gasteiger partial charge in [0.2, 0.25) is 5.91 Å². The van der Waals surface area contributed by atoms with Crippen LogP contribution < -0.4 is 5.32 Å². The summed E-state index contributed by atoms with van der Waals surface area (Å²) in [6.07, 6.45) is -4.25. The Morgan fingerprint density at radius 1 is 1.00 bits per heavy atom. The maximum atomic E-state index is 13.0. The van der Waals surface area contributed by atoms with E-state index >= 15 is 0 Å². The van der Waals surface area contributed by atoms with Crippen molar-refractivity contribution in [3.63, 3.8) is 0 Å². The number of alkyl halides is 3. The molecule has 0 unspecified atom stereocenters. The van der Waals surface area contributed by atoms with Gasteiger partial charge < -0.3 is 20.0 Å². The first-order chi connectivity index (χ1) is 14.3. The topological polar surface area (TPSA) is 55.9 Å². The molecule has 2 rings (SSSR count). The molecular formula is C21H31F3N4O2. The predicted octanol–water partition coefficient (Wildman–Crippen LogP) is 2.31. The van der Waals surface area contributed by atoms with Crippen molar-refractivity contribution < 1.29 is 22.8 Å². The van der Waals surface area contributed by atoms with Crippen LogP contribution in [0.15, 0.2) is 24.3 Å². The van der Waals surface area contributed by atoms with E-state index in [1.165, 1.54) is 12.1 Å². The van der Waals surface area contributed by atoms with Crippen molar-refractivity contribution in [3.05, 3.63) is 35.4 Å². The lowest BCUT2D eigenvalue weighted by atomic mass is 10.1. The average molecular weight is 428 g/mol. The summed E-state index contributed by atoms with van der Waals surface area (Å²) in [4.78, 5) is 31.0. The Morgan fingerprint density at radius 2 is 1.60 bits per heavy atom. The summed E-state index contributed by atoms with van der Waals surface area (Å²) in [5, 5.41) is 3.19. The fourth-order valence-electron chi connectivity index (χ4n) is 3.40. The minimum absolute atomic E-state index is 0.00967. The molecule has 2 amide bonds. The monoisotopic (exact) mass is 428 g/mol. The summed E-state index contributed by atoms with van der Waals surface area (Å²) in [7, 11) is 0. The number of halogens is 3. The third kappa shape index (κ3) is 6.98. The van der Waals surface area contributed by atoms with E-state index in [1.54, 1.807) is 9.80 Å². The largest absolute Gasteiger partial charge is 0.416 e. The van der Waals surface area contributed by atoms with Crippen molar-refractivity contribution in [1.82, 2.24) is 20.0 Å². The second kappa shape index (κ2) is 11.3. The number of likely N-dealkylation sites (N-methyl/N-ethyl adjacent to an activating group) is 1. The Bertz CT molecular complexity index is 684. The van der Waals surface area contributed by atoms with Gasteiger partial charge in [-0.3, -0.25) is 9.59 Å². The second-order valence-corrected chi connectivity index (χ2v) is 7.27. The first kappa shape index (κ1) is 24.1.